The average Bonchev–Trinajstić information content (AvgIpc) is 3.16. The van der Waals surface area contributed by atoms with Crippen molar-refractivity contribution in [1.82, 2.24) is 15.2 Å². The van der Waals surface area contributed by atoms with Crippen molar-refractivity contribution in [2.24, 2.45) is 0 Å². The van der Waals surface area contributed by atoms with Crippen molar-refractivity contribution in [2.75, 3.05) is 20.2 Å². The van der Waals surface area contributed by atoms with E-state index in [1.54, 1.807) is 26.3 Å². The highest BCUT2D eigenvalue weighted by Gasteiger charge is 2.54. The molecule has 0 radical (unpaired) electrons. The number of amides is 2. The van der Waals surface area contributed by atoms with E-state index in [-0.39, 0.29) is 29.4 Å². The number of aromatic nitrogens is 1. The highest BCUT2D eigenvalue weighted by Crippen LogP contribution is 2.52. The third-order valence-corrected chi connectivity index (χ3v) is 7.43. The molecule has 2 aliphatic rings. The van der Waals surface area contributed by atoms with Crippen molar-refractivity contribution in [1.29, 1.82) is 0 Å². The van der Waals surface area contributed by atoms with Crippen LogP contribution in [0.15, 0.2) is 72.9 Å². The number of piperidine rings is 1. The Labute approximate surface area is 211 Å². The summed E-state index contributed by atoms with van der Waals surface area (Å²) in [6, 6.07) is 21.1. The van der Waals surface area contributed by atoms with Gasteiger partial charge in [-0.2, -0.15) is 0 Å². The van der Waals surface area contributed by atoms with Crippen LogP contribution in [0, 0.1) is 0 Å². The number of rotatable bonds is 6. The van der Waals surface area contributed by atoms with Crippen molar-refractivity contribution < 1.29 is 19.1 Å². The summed E-state index contributed by atoms with van der Waals surface area (Å²) < 4.78 is 11.9. The van der Waals surface area contributed by atoms with E-state index in [1.165, 1.54) is 5.56 Å². The van der Waals surface area contributed by atoms with Gasteiger partial charge in [-0.25, -0.2) is 0 Å². The Balaban J connectivity index is 1.43. The number of likely N-dealkylation sites (tertiary alicyclic amines) is 1. The van der Waals surface area contributed by atoms with Crippen molar-refractivity contribution in [3.8, 4) is 5.75 Å². The molecule has 0 bridgehead atoms. The van der Waals surface area contributed by atoms with E-state index in [2.05, 4.69) is 22.4 Å². The number of nitrogens with one attached hydrogen (secondary N) is 1. The first-order valence-corrected chi connectivity index (χ1v) is 12.3. The zero-order valence-corrected chi connectivity index (χ0v) is 20.6. The molecule has 2 amide bonds. The topological polar surface area (TPSA) is 80.8 Å². The number of carbonyl (C=O) groups excluding carboxylic acids is 2. The summed E-state index contributed by atoms with van der Waals surface area (Å²) in [5, 5.41) is 3.15. The standard InChI is InChI=1S/C29H31N3O4/c1-20(33)31-26-24-11-3-4-12-25(24)29(27(26)36-19-22-9-5-6-15-30-22)13-16-32(17-14-29)28(34)21-8-7-10-23(18-21)35-2/h3-12,15,18,26-27H,13-14,16-17,19H2,1-2H3,(H,31,33)/t26-,27+/m1/s1. The molecule has 0 unspecified atom stereocenters. The summed E-state index contributed by atoms with van der Waals surface area (Å²) in [7, 11) is 1.60. The first-order chi connectivity index (χ1) is 17.5. The van der Waals surface area contributed by atoms with Gasteiger partial charge in [-0.3, -0.25) is 14.6 Å². The fourth-order valence-corrected chi connectivity index (χ4v) is 5.75. The Bertz CT molecular complexity index is 1240. The molecule has 1 aliphatic heterocycles. The van der Waals surface area contributed by atoms with Crippen LogP contribution in [-0.2, 0) is 21.6 Å². The summed E-state index contributed by atoms with van der Waals surface area (Å²) >= 11 is 0. The number of carbonyl (C=O) groups is 2. The molecule has 0 saturated carbocycles. The van der Waals surface area contributed by atoms with Crippen molar-refractivity contribution in [3.63, 3.8) is 0 Å². The molecule has 7 heteroatoms. The van der Waals surface area contributed by atoms with Gasteiger partial charge in [0.05, 0.1) is 31.6 Å². The number of benzene rings is 2. The normalized spacial score (nSPS) is 20.1. The van der Waals surface area contributed by atoms with Crippen LogP contribution in [0.1, 0.15) is 53.0 Å². The van der Waals surface area contributed by atoms with E-state index in [9.17, 15) is 9.59 Å². The van der Waals surface area contributed by atoms with Gasteiger partial charge in [0.1, 0.15) is 5.75 Å². The molecule has 1 spiro atoms. The number of hydrogen-bond donors (Lipinski definition) is 1. The summed E-state index contributed by atoms with van der Waals surface area (Å²) in [5.41, 5.74) is 3.44. The smallest absolute Gasteiger partial charge is 0.253 e. The van der Waals surface area contributed by atoms with Crippen LogP contribution in [0.25, 0.3) is 0 Å². The van der Waals surface area contributed by atoms with E-state index < -0.39 is 0 Å². The molecule has 1 saturated heterocycles. The molecule has 7 nitrogen and oxygen atoms in total. The zero-order valence-electron chi connectivity index (χ0n) is 20.6. The van der Waals surface area contributed by atoms with E-state index in [1.807, 2.05) is 53.4 Å². The molecule has 36 heavy (non-hydrogen) atoms. The molecule has 1 aliphatic carbocycles. The molecular formula is C29H31N3O4. The van der Waals surface area contributed by atoms with Crippen molar-refractivity contribution in [3.05, 3.63) is 95.3 Å². The van der Waals surface area contributed by atoms with Gasteiger partial charge in [-0.1, -0.05) is 36.4 Å². The monoisotopic (exact) mass is 485 g/mol. The van der Waals surface area contributed by atoms with Crippen LogP contribution in [0.5, 0.6) is 5.75 Å². The number of nitrogens with zero attached hydrogens (tertiary/aromatic N) is 2. The molecule has 2 aromatic carbocycles. The van der Waals surface area contributed by atoms with Gasteiger partial charge in [-0.05, 0) is 54.3 Å². The Morgan fingerprint density at radius 1 is 1.06 bits per heavy atom. The molecule has 186 valence electrons. The minimum Gasteiger partial charge on any atom is -0.497 e. The third kappa shape index (κ3) is 4.46. The highest BCUT2D eigenvalue weighted by molar-refractivity contribution is 5.94. The number of fused-ring (bicyclic) bond motifs is 2. The van der Waals surface area contributed by atoms with Crippen molar-refractivity contribution >= 4 is 11.8 Å². The van der Waals surface area contributed by atoms with E-state index >= 15 is 0 Å². The fraction of sp³-hybridized carbons (Fsp3) is 0.345. The summed E-state index contributed by atoms with van der Waals surface area (Å²) in [5.74, 6) is 0.573. The predicted octanol–water partition coefficient (Wildman–Crippen LogP) is 4.04. The second-order valence-corrected chi connectivity index (χ2v) is 9.50. The Morgan fingerprint density at radius 3 is 2.56 bits per heavy atom. The van der Waals surface area contributed by atoms with Crippen LogP contribution < -0.4 is 10.1 Å². The van der Waals surface area contributed by atoms with Crippen LogP contribution in [-0.4, -0.2) is 48.0 Å². The summed E-state index contributed by atoms with van der Waals surface area (Å²) in [4.78, 5) is 31.8. The first-order valence-electron chi connectivity index (χ1n) is 12.3. The molecule has 1 fully saturated rings. The Hall–Kier alpha value is -3.71. The zero-order chi connectivity index (χ0) is 25.1. The maximum Gasteiger partial charge on any atom is 0.253 e. The molecule has 1 N–H and O–H groups in total. The predicted molar refractivity (Wildman–Crippen MR) is 136 cm³/mol. The first kappa shape index (κ1) is 24.0. The summed E-state index contributed by atoms with van der Waals surface area (Å²) in [6.07, 6.45) is 2.96. The second kappa shape index (κ2) is 10.1. The van der Waals surface area contributed by atoms with Crippen molar-refractivity contribution in [2.45, 2.75) is 43.9 Å². The lowest BCUT2D eigenvalue weighted by Gasteiger charge is -2.44. The molecule has 1 aromatic heterocycles. The number of hydrogen-bond acceptors (Lipinski definition) is 5. The third-order valence-electron chi connectivity index (χ3n) is 7.43. The molecule has 3 aromatic rings. The molecular weight excluding hydrogens is 454 g/mol. The second-order valence-electron chi connectivity index (χ2n) is 9.50. The molecule has 2 atom stereocenters. The van der Waals surface area contributed by atoms with E-state index in [4.69, 9.17) is 9.47 Å². The van der Waals surface area contributed by atoms with Gasteiger partial charge in [0.2, 0.25) is 5.91 Å². The van der Waals surface area contributed by atoms with Gasteiger partial charge in [0.15, 0.2) is 0 Å². The molecule has 2 heterocycles. The lowest BCUT2D eigenvalue weighted by atomic mass is 9.71. The molecule has 5 rings (SSSR count). The average molecular weight is 486 g/mol. The van der Waals surface area contributed by atoms with Crippen LogP contribution in [0.3, 0.4) is 0 Å². The van der Waals surface area contributed by atoms with Crippen LogP contribution in [0.2, 0.25) is 0 Å². The van der Waals surface area contributed by atoms with E-state index in [0.29, 0.717) is 31.0 Å². The quantitative estimate of drug-likeness (QED) is 0.570. The maximum absolute atomic E-state index is 13.3. The van der Waals surface area contributed by atoms with Crippen LogP contribution >= 0.6 is 0 Å². The lowest BCUT2D eigenvalue weighted by Crippen LogP contribution is -2.51. The summed E-state index contributed by atoms with van der Waals surface area (Å²) in [6.45, 7) is 3.09. The number of ether oxygens (including phenoxy) is 2. The SMILES string of the molecule is COc1cccc(C(=O)N2CCC3(CC2)c2ccccc2[C@@H](NC(C)=O)[C@@H]3OCc2ccccn2)c1. The minimum atomic E-state index is -0.316. The van der Waals surface area contributed by atoms with Gasteiger partial charge >= 0.3 is 0 Å². The van der Waals surface area contributed by atoms with Gasteiger partial charge in [0, 0.05) is 37.2 Å². The Morgan fingerprint density at radius 2 is 1.83 bits per heavy atom. The van der Waals surface area contributed by atoms with Crippen LogP contribution in [0.4, 0.5) is 0 Å². The number of pyridine rings is 1. The van der Waals surface area contributed by atoms with Gasteiger partial charge < -0.3 is 19.7 Å². The largest absolute Gasteiger partial charge is 0.497 e. The number of methoxy groups -OCH3 is 1. The van der Waals surface area contributed by atoms with Gasteiger partial charge in [0.25, 0.3) is 5.91 Å². The maximum atomic E-state index is 13.3. The van der Waals surface area contributed by atoms with Gasteiger partial charge in [-0.15, -0.1) is 0 Å². The Kier molecular flexibility index (Phi) is 6.74. The lowest BCUT2D eigenvalue weighted by molar-refractivity contribution is -0.122. The fourth-order valence-electron chi connectivity index (χ4n) is 5.75. The minimum absolute atomic E-state index is 0.000558. The van der Waals surface area contributed by atoms with E-state index in [0.717, 1.165) is 24.1 Å². The highest BCUT2D eigenvalue weighted by atomic mass is 16.5.